The quantitative estimate of drug-likeness (QED) is 0.618. The maximum absolute atomic E-state index is 13.2. The van der Waals surface area contributed by atoms with Crippen molar-refractivity contribution in [3.8, 4) is 5.75 Å². The summed E-state index contributed by atoms with van der Waals surface area (Å²) in [5, 5.41) is 2.99. The number of benzene rings is 2. The van der Waals surface area contributed by atoms with E-state index in [1.165, 1.54) is 11.1 Å². The van der Waals surface area contributed by atoms with Crippen LogP contribution < -0.4 is 10.1 Å². The van der Waals surface area contributed by atoms with Crippen molar-refractivity contribution in [1.82, 2.24) is 10.2 Å². The van der Waals surface area contributed by atoms with Crippen molar-refractivity contribution in [2.45, 2.75) is 58.5 Å². The molecule has 6 heteroatoms. The van der Waals surface area contributed by atoms with E-state index in [0.29, 0.717) is 12.3 Å². The Bertz CT molecular complexity index is 892. The van der Waals surface area contributed by atoms with Crippen molar-refractivity contribution < 1.29 is 14.3 Å². The van der Waals surface area contributed by atoms with E-state index in [9.17, 15) is 9.59 Å². The zero-order valence-corrected chi connectivity index (χ0v) is 20.2. The molecule has 0 aliphatic heterocycles. The lowest BCUT2D eigenvalue weighted by Gasteiger charge is -2.31. The standard InChI is InChI=1S/C25H34N2O3S/c1-18-10-7-8-12-21(18)16-31-17-23(28)27(19(2)24(29)26-25(3,4)5)15-20-11-9-13-22(14-20)30-6/h7-14,19H,15-17H2,1-6H3,(H,26,29)/t19-/m1/s1. The summed E-state index contributed by atoms with van der Waals surface area (Å²) in [5.74, 6) is 1.58. The molecule has 1 atom stereocenters. The predicted molar refractivity (Wildman–Crippen MR) is 128 cm³/mol. The molecule has 1 N–H and O–H groups in total. The van der Waals surface area contributed by atoms with Crippen molar-refractivity contribution in [1.29, 1.82) is 0 Å². The fraction of sp³-hybridized carbons (Fsp3) is 0.440. The summed E-state index contributed by atoms with van der Waals surface area (Å²) < 4.78 is 5.31. The smallest absolute Gasteiger partial charge is 0.242 e. The molecule has 5 nitrogen and oxygen atoms in total. The van der Waals surface area contributed by atoms with E-state index in [4.69, 9.17) is 4.74 Å². The van der Waals surface area contributed by atoms with Crippen molar-refractivity contribution in [2.24, 2.45) is 0 Å². The molecule has 0 spiro atoms. The van der Waals surface area contributed by atoms with Crippen LogP contribution in [0, 0.1) is 6.92 Å². The third kappa shape index (κ3) is 7.94. The molecule has 0 unspecified atom stereocenters. The van der Waals surface area contributed by atoms with E-state index in [2.05, 4.69) is 24.4 Å². The molecule has 0 saturated carbocycles. The van der Waals surface area contributed by atoms with E-state index < -0.39 is 6.04 Å². The lowest BCUT2D eigenvalue weighted by molar-refractivity contribution is -0.139. The molecule has 0 aliphatic rings. The largest absolute Gasteiger partial charge is 0.497 e. The number of carbonyl (C=O) groups is 2. The summed E-state index contributed by atoms with van der Waals surface area (Å²) >= 11 is 1.57. The molecule has 0 saturated heterocycles. The van der Waals surface area contributed by atoms with Gasteiger partial charge in [0.05, 0.1) is 12.9 Å². The van der Waals surface area contributed by atoms with E-state index in [1.807, 2.05) is 57.2 Å². The molecular formula is C25H34N2O3S. The van der Waals surface area contributed by atoms with E-state index in [1.54, 1.807) is 30.7 Å². The third-order valence-corrected chi connectivity index (χ3v) is 5.86. The summed E-state index contributed by atoms with van der Waals surface area (Å²) in [5.41, 5.74) is 2.99. The van der Waals surface area contributed by atoms with Crippen LogP contribution in [-0.2, 0) is 21.9 Å². The number of ether oxygens (including phenoxy) is 1. The van der Waals surface area contributed by atoms with E-state index >= 15 is 0 Å². The fourth-order valence-corrected chi connectivity index (χ4v) is 4.11. The lowest BCUT2D eigenvalue weighted by Crippen LogP contribution is -2.52. The molecule has 2 aromatic rings. The molecule has 0 radical (unpaired) electrons. The zero-order valence-electron chi connectivity index (χ0n) is 19.4. The molecule has 0 bridgehead atoms. The van der Waals surface area contributed by atoms with Crippen LogP contribution in [0.3, 0.4) is 0 Å². The SMILES string of the molecule is COc1cccc(CN(C(=O)CSCc2ccccc2C)[C@H](C)C(=O)NC(C)(C)C)c1. The van der Waals surface area contributed by atoms with Crippen molar-refractivity contribution >= 4 is 23.6 Å². The van der Waals surface area contributed by atoms with E-state index in [-0.39, 0.29) is 17.4 Å². The first-order valence-corrected chi connectivity index (χ1v) is 11.6. The van der Waals surface area contributed by atoms with Crippen LogP contribution in [0.25, 0.3) is 0 Å². The number of carbonyl (C=O) groups excluding carboxylic acids is 2. The van der Waals surface area contributed by atoms with Gasteiger partial charge in [0, 0.05) is 17.8 Å². The zero-order chi connectivity index (χ0) is 23.0. The maximum atomic E-state index is 13.2. The topological polar surface area (TPSA) is 58.6 Å². The Morgan fingerprint density at radius 2 is 1.84 bits per heavy atom. The molecule has 2 amide bonds. The van der Waals surface area contributed by atoms with Crippen LogP contribution in [0.2, 0.25) is 0 Å². The molecule has 0 fully saturated rings. The van der Waals surface area contributed by atoms with Crippen molar-refractivity contribution in [3.05, 3.63) is 65.2 Å². The highest BCUT2D eigenvalue weighted by atomic mass is 32.2. The minimum Gasteiger partial charge on any atom is -0.497 e. The van der Waals surface area contributed by atoms with Crippen LogP contribution in [0.1, 0.15) is 44.4 Å². The van der Waals surface area contributed by atoms with Gasteiger partial charge in [0.25, 0.3) is 0 Å². The molecule has 2 rings (SSSR count). The molecule has 0 aliphatic carbocycles. The second kappa shape index (κ2) is 11.2. The Morgan fingerprint density at radius 3 is 2.48 bits per heavy atom. The summed E-state index contributed by atoms with van der Waals surface area (Å²) in [6.07, 6.45) is 0. The minimum absolute atomic E-state index is 0.0574. The Hall–Kier alpha value is -2.47. The van der Waals surface area contributed by atoms with Gasteiger partial charge in [0.15, 0.2) is 0 Å². The first-order valence-electron chi connectivity index (χ1n) is 10.5. The monoisotopic (exact) mass is 442 g/mol. The average molecular weight is 443 g/mol. The number of amides is 2. The lowest BCUT2D eigenvalue weighted by atomic mass is 10.1. The number of nitrogens with one attached hydrogen (secondary N) is 1. The number of thioether (sulfide) groups is 1. The number of nitrogens with zero attached hydrogens (tertiary/aromatic N) is 1. The highest BCUT2D eigenvalue weighted by Crippen LogP contribution is 2.20. The Kier molecular flexibility index (Phi) is 8.99. The van der Waals surface area contributed by atoms with Gasteiger partial charge in [-0.1, -0.05) is 36.4 Å². The number of hydrogen-bond acceptors (Lipinski definition) is 4. The van der Waals surface area contributed by atoms with Crippen LogP contribution in [0.15, 0.2) is 48.5 Å². The van der Waals surface area contributed by atoms with Crippen LogP contribution in [0.5, 0.6) is 5.75 Å². The summed E-state index contributed by atoms with van der Waals surface area (Å²) in [4.78, 5) is 27.7. The number of aryl methyl sites for hydroxylation is 1. The van der Waals surface area contributed by atoms with Gasteiger partial charge in [-0.05, 0) is 63.4 Å². The summed E-state index contributed by atoms with van der Waals surface area (Å²) in [6, 6.07) is 15.2. The van der Waals surface area contributed by atoms with Crippen molar-refractivity contribution in [2.75, 3.05) is 12.9 Å². The molecule has 31 heavy (non-hydrogen) atoms. The second-order valence-corrected chi connectivity index (χ2v) is 9.69. The second-order valence-electron chi connectivity index (χ2n) is 8.71. The minimum atomic E-state index is -0.586. The van der Waals surface area contributed by atoms with Crippen LogP contribution in [-0.4, -0.2) is 41.2 Å². The van der Waals surface area contributed by atoms with Gasteiger partial charge in [0.2, 0.25) is 11.8 Å². The predicted octanol–water partition coefficient (Wildman–Crippen LogP) is 4.57. The fourth-order valence-electron chi connectivity index (χ4n) is 3.13. The normalized spacial score (nSPS) is 12.2. The first-order chi connectivity index (χ1) is 14.6. The van der Waals surface area contributed by atoms with Crippen LogP contribution in [0.4, 0.5) is 0 Å². The van der Waals surface area contributed by atoms with Gasteiger partial charge in [-0.25, -0.2) is 0 Å². The Morgan fingerprint density at radius 1 is 1.13 bits per heavy atom. The van der Waals surface area contributed by atoms with E-state index in [0.717, 1.165) is 17.1 Å². The Labute approximate surface area is 190 Å². The highest BCUT2D eigenvalue weighted by molar-refractivity contribution is 7.99. The van der Waals surface area contributed by atoms with Gasteiger partial charge >= 0.3 is 0 Å². The number of methoxy groups -OCH3 is 1. The van der Waals surface area contributed by atoms with Gasteiger partial charge in [0.1, 0.15) is 11.8 Å². The maximum Gasteiger partial charge on any atom is 0.242 e. The molecular weight excluding hydrogens is 408 g/mol. The Balaban J connectivity index is 2.13. The number of hydrogen-bond donors (Lipinski definition) is 1. The summed E-state index contributed by atoms with van der Waals surface area (Å²) in [7, 11) is 1.61. The highest BCUT2D eigenvalue weighted by Gasteiger charge is 2.28. The molecule has 0 aromatic heterocycles. The third-order valence-electron chi connectivity index (χ3n) is 4.90. The van der Waals surface area contributed by atoms with Gasteiger partial charge in [-0.15, -0.1) is 11.8 Å². The molecule has 168 valence electrons. The van der Waals surface area contributed by atoms with Gasteiger partial charge in [-0.2, -0.15) is 0 Å². The molecule has 0 heterocycles. The first kappa shape index (κ1) is 24.8. The van der Waals surface area contributed by atoms with Crippen molar-refractivity contribution in [3.63, 3.8) is 0 Å². The van der Waals surface area contributed by atoms with Gasteiger partial charge in [-0.3, -0.25) is 9.59 Å². The summed E-state index contributed by atoms with van der Waals surface area (Å²) in [6.45, 7) is 10.0. The average Bonchev–Trinajstić information content (AvgIpc) is 2.71. The van der Waals surface area contributed by atoms with Gasteiger partial charge < -0.3 is 15.0 Å². The van der Waals surface area contributed by atoms with Crippen LogP contribution >= 0.6 is 11.8 Å². The molecule has 2 aromatic carbocycles. The number of rotatable bonds is 9.